The van der Waals surface area contributed by atoms with Crippen LogP contribution in [0.1, 0.15) is 75.3 Å². The van der Waals surface area contributed by atoms with Gasteiger partial charge in [-0.3, -0.25) is 19.1 Å². The molecule has 4 atom stereocenters. The first-order valence-corrected chi connectivity index (χ1v) is 17.3. The zero-order valence-corrected chi connectivity index (χ0v) is 29.5. The van der Waals surface area contributed by atoms with Gasteiger partial charge in [0.05, 0.1) is 5.52 Å². The number of carbonyl (C=O) groups excluding carboxylic acids is 4. The molecule has 2 aliphatic carbocycles. The summed E-state index contributed by atoms with van der Waals surface area (Å²) in [6, 6.07) is 4.96. The Kier molecular flexibility index (Phi) is 8.53. The third-order valence-electron chi connectivity index (χ3n) is 9.96. The van der Waals surface area contributed by atoms with Gasteiger partial charge in [-0.05, 0) is 82.6 Å². The average Bonchev–Trinajstić information content (AvgIpc) is 3.98. The number of nitrogens with zero attached hydrogens (tertiary/aromatic N) is 6. The molecule has 15 heteroatoms. The molecule has 1 aliphatic heterocycles. The molecule has 260 valence electrons. The number of Topliss-reactive ketones (excluding diaryl/α,β-unsaturated/α-hetero) is 1. The summed E-state index contributed by atoms with van der Waals surface area (Å²) in [7, 11) is 0. The molecule has 1 aromatic carbocycles. The number of pyridine rings is 1. The Morgan fingerprint density at radius 3 is 2.50 bits per heavy atom. The first-order chi connectivity index (χ1) is 23.7. The Balaban J connectivity index is 1.11. The van der Waals surface area contributed by atoms with Crippen molar-refractivity contribution < 1.29 is 28.3 Å². The van der Waals surface area contributed by atoms with Crippen LogP contribution in [-0.2, 0) is 20.9 Å². The van der Waals surface area contributed by atoms with Crippen molar-refractivity contribution in [2.45, 2.75) is 84.0 Å². The second kappa shape index (κ2) is 12.6. The highest BCUT2D eigenvalue weighted by Crippen LogP contribution is 2.59. The molecule has 3 aromatic heterocycles. The SMILES string of the molecule is CC(=O)c1nn(CC(=O)N2[C@H](C(=O)Nc3nc(Br)c(F)cc3C3CC3)C[C@@]3(C)C[C@@H]23)c2ccc(-c3cnc(OC(=O)[C@@H](N)C(C)C)nc3)cc12. The van der Waals surface area contributed by atoms with Gasteiger partial charge in [0.25, 0.3) is 0 Å². The van der Waals surface area contributed by atoms with Gasteiger partial charge in [0.15, 0.2) is 11.6 Å². The average molecular weight is 748 g/mol. The lowest BCUT2D eigenvalue weighted by molar-refractivity contribution is -0.138. The molecule has 0 radical (unpaired) electrons. The van der Waals surface area contributed by atoms with Crippen LogP contribution in [0.4, 0.5) is 10.2 Å². The standard InChI is InChI=1S/C35H36BrFN8O5/c1-16(2)28(38)33(49)50-34-39-13-20(14-40-34)19-7-8-24-22(9-19)29(17(3)46)43-44(24)15-27(47)45-25(11-35(4)12-26(35)45)32(48)42-31-21(18-5-6-18)10-23(37)30(36)41-31/h7-10,13-14,16,18,25-26,28H,5-6,11-12,15,38H2,1-4H3,(H,41,42,48)/t25-,26+,28-,35-/m0/s1. The molecule has 3 aliphatic rings. The summed E-state index contributed by atoms with van der Waals surface area (Å²) < 4.78 is 21.0. The number of likely N-dealkylation sites (tertiary alicyclic amines) is 1. The van der Waals surface area contributed by atoms with E-state index >= 15 is 0 Å². The number of ether oxygens (including phenoxy) is 1. The third kappa shape index (κ3) is 6.28. The Hall–Kier alpha value is -4.63. The quantitative estimate of drug-likeness (QED) is 0.131. The van der Waals surface area contributed by atoms with Crippen LogP contribution in [0.3, 0.4) is 0 Å². The fourth-order valence-corrected chi connectivity index (χ4v) is 7.04. The molecule has 3 N–H and O–H groups in total. The van der Waals surface area contributed by atoms with Gasteiger partial charge in [0, 0.05) is 41.9 Å². The molecule has 4 aromatic rings. The summed E-state index contributed by atoms with van der Waals surface area (Å²) in [5.74, 6) is -1.74. The molecule has 0 bridgehead atoms. The van der Waals surface area contributed by atoms with Crippen molar-refractivity contribution in [3.63, 3.8) is 0 Å². The minimum absolute atomic E-state index is 0.0127. The highest BCUT2D eigenvalue weighted by Gasteiger charge is 2.64. The fraction of sp³-hybridized carbons (Fsp3) is 0.429. The Labute approximate surface area is 295 Å². The largest absolute Gasteiger partial charge is 0.390 e. The van der Waals surface area contributed by atoms with Crippen molar-refractivity contribution in [3.05, 3.63) is 58.3 Å². The number of fused-ring (bicyclic) bond motifs is 2. The van der Waals surface area contributed by atoms with Gasteiger partial charge >= 0.3 is 12.0 Å². The van der Waals surface area contributed by atoms with Crippen LogP contribution in [0.2, 0.25) is 0 Å². The zero-order chi connectivity index (χ0) is 35.6. The predicted molar refractivity (Wildman–Crippen MR) is 183 cm³/mol. The molecular weight excluding hydrogens is 711 g/mol. The van der Waals surface area contributed by atoms with Crippen LogP contribution in [0.5, 0.6) is 6.01 Å². The minimum atomic E-state index is -0.807. The van der Waals surface area contributed by atoms with Gasteiger partial charge in [0.1, 0.15) is 34.7 Å². The first-order valence-electron chi connectivity index (χ1n) is 16.5. The molecule has 2 saturated carbocycles. The molecule has 4 heterocycles. The molecule has 0 spiro atoms. The smallest absolute Gasteiger partial charge is 0.330 e. The number of carbonyl (C=O) groups is 4. The van der Waals surface area contributed by atoms with E-state index in [4.69, 9.17) is 10.5 Å². The maximum atomic E-state index is 14.3. The van der Waals surface area contributed by atoms with Gasteiger partial charge in [-0.15, -0.1) is 0 Å². The van der Waals surface area contributed by atoms with Gasteiger partial charge in [0.2, 0.25) is 11.8 Å². The Bertz CT molecular complexity index is 2070. The number of rotatable bonds is 10. The van der Waals surface area contributed by atoms with Crippen molar-refractivity contribution in [2.24, 2.45) is 17.1 Å². The maximum absolute atomic E-state index is 14.3. The number of nitrogens with one attached hydrogen (secondary N) is 1. The Morgan fingerprint density at radius 2 is 1.84 bits per heavy atom. The van der Waals surface area contributed by atoms with Crippen molar-refractivity contribution in [2.75, 3.05) is 5.32 Å². The molecule has 1 saturated heterocycles. The van der Waals surface area contributed by atoms with Crippen LogP contribution >= 0.6 is 15.9 Å². The van der Waals surface area contributed by atoms with Crippen LogP contribution in [0.25, 0.3) is 22.0 Å². The lowest BCUT2D eigenvalue weighted by atomic mass is 10.0. The van der Waals surface area contributed by atoms with Crippen LogP contribution in [-0.4, -0.2) is 71.3 Å². The number of benzene rings is 1. The summed E-state index contributed by atoms with van der Waals surface area (Å²) in [6.07, 6.45) is 6.06. The number of piperidine rings is 1. The van der Waals surface area contributed by atoms with Crippen LogP contribution in [0.15, 0.2) is 41.3 Å². The van der Waals surface area contributed by atoms with Crippen molar-refractivity contribution >= 4 is 56.2 Å². The van der Waals surface area contributed by atoms with Crippen molar-refractivity contribution in [1.29, 1.82) is 0 Å². The minimum Gasteiger partial charge on any atom is -0.390 e. The van der Waals surface area contributed by atoms with Crippen LogP contribution in [0, 0.1) is 17.2 Å². The summed E-state index contributed by atoms with van der Waals surface area (Å²) in [4.78, 5) is 66.9. The number of hydrogen-bond acceptors (Lipinski definition) is 10. The molecule has 50 heavy (non-hydrogen) atoms. The van der Waals surface area contributed by atoms with Gasteiger partial charge in [-0.2, -0.15) is 5.10 Å². The van der Waals surface area contributed by atoms with E-state index in [1.165, 1.54) is 30.1 Å². The Morgan fingerprint density at radius 1 is 1.12 bits per heavy atom. The lowest BCUT2D eigenvalue weighted by Gasteiger charge is -2.27. The van der Waals surface area contributed by atoms with E-state index in [0.29, 0.717) is 39.8 Å². The summed E-state index contributed by atoms with van der Waals surface area (Å²) in [5, 5.41) is 7.96. The second-order valence-corrected chi connectivity index (χ2v) is 14.8. The number of ketones is 1. The maximum Gasteiger partial charge on any atom is 0.330 e. The first kappa shape index (κ1) is 33.8. The molecular formula is C35H36BrFN8O5. The van der Waals surface area contributed by atoms with Gasteiger partial charge < -0.3 is 20.7 Å². The van der Waals surface area contributed by atoms with Crippen molar-refractivity contribution in [3.8, 4) is 17.1 Å². The fourth-order valence-electron chi connectivity index (χ4n) is 6.74. The summed E-state index contributed by atoms with van der Waals surface area (Å²) in [5.41, 5.74) is 8.36. The normalized spacial score (nSPS) is 21.6. The zero-order valence-electron chi connectivity index (χ0n) is 27.9. The highest BCUT2D eigenvalue weighted by molar-refractivity contribution is 9.10. The molecule has 3 fully saturated rings. The van der Waals surface area contributed by atoms with Gasteiger partial charge in [-0.1, -0.05) is 26.8 Å². The van der Waals surface area contributed by atoms with Crippen LogP contribution < -0.4 is 15.8 Å². The predicted octanol–water partition coefficient (Wildman–Crippen LogP) is 4.78. The van der Waals surface area contributed by atoms with Gasteiger partial charge in [-0.25, -0.2) is 24.1 Å². The number of hydrogen-bond donors (Lipinski definition) is 2. The number of anilines is 1. The van der Waals surface area contributed by atoms with E-state index < -0.39 is 23.9 Å². The summed E-state index contributed by atoms with van der Waals surface area (Å²) in [6.45, 7) is 6.90. The molecule has 0 unspecified atom stereocenters. The molecule has 13 nitrogen and oxygen atoms in total. The number of aromatic nitrogens is 5. The van der Waals surface area contributed by atoms with E-state index in [1.807, 2.05) is 13.8 Å². The van der Waals surface area contributed by atoms with E-state index in [0.717, 1.165) is 19.3 Å². The number of esters is 1. The van der Waals surface area contributed by atoms with E-state index in [2.05, 4.69) is 48.2 Å². The topological polar surface area (TPSA) is 175 Å². The number of amides is 2. The third-order valence-corrected chi connectivity index (χ3v) is 10.5. The number of halogens is 2. The van der Waals surface area contributed by atoms with E-state index in [-0.39, 0.29) is 63.7 Å². The second-order valence-electron chi connectivity index (χ2n) is 14.1. The van der Waals surface area contributed by atoms with E-state index in [9.17, 15) is 23.6 Å². The lowest BCUT2D eigenvalue weighted by Crippen LogP contribution is -2.47. The number of nitrogens with two attached hydrogens (primary N) is 1. The molecule has 2 amide bonds. The summed E-state index contributed by atoms with van der Waals surface area (Å²) >= 11 is 3.13. The van der Waals surface area contributed by atoms with Crippen molar-refractivity contribution in [1.82, 2.24) is 29.6 Å². The monoisotopic (exact) mass is 746 g/mol. The van der Waals surface area contributed by atoms with E-state index in [1.54, 1.807) is 23.1 Å². The molecule has 7 rings (SSSR count). The highest BCUT2D eigenvalue weighted by atomic mass is 79.9.